The number of benzene rings is 3. The van der Waals surface area contributed by atoms with Crippen molar-refractivity contribution in [3.63, 3.8) is 0 Å². The maximum absolute atomic E-state index is 13.1. The van der Waals surface area contributed by atoms with Crippen LogP contribution in [0.5, 0.6) is 0 Å². The molecule has 166 valence electrons. The Hall–Kier alpha value is -2.78. The summed E-state index contributed by atoms with van der Waals surface area (Å²) in [4.78, 5) is 12.6. The highest BCUT2D eigenvalue weighted by atomic mass is 19.1. The van der Waals surface area contributed by atoms with Gasteiger partial charge in [0, 0.05) is 5.56 Å². The number of Topliss-reactive ketones (excluding diaryl/α,β-unsaturated/α-hetero) is 1. The largest absolute Gasteiger partial charge is 0.356 e. The zero-order valence-electron chi connectivity index (χ0n) is 18.5. The Labute approximate surface area is 190 Å². The minimum absolute atomic E-state index is 0.0692. The van der Waals surface area contributed by atoms with Crippen LogP contribution in [0.1, 0.15) is 71.7 Å². The van der Waals surface area contributed by atoms with Crippen molar-refractivity contribution in [1.29, 1.82) is 0 Å². The van der Waals surface area contributed by atoms with Gasteiger partial charge in [-0.3, -0.25) is 4.79 Å². The Kier molecular flexibility index (Phi) is 7.84. The van der Waals surface area contributed by atoms with E-state index >= 15 is 0 Å². The topological polar surface area (TPSA) is 29.6 Å². The van der Waals surface area contributed by atoms with E-state index in [0.717, 1.165) is 18.4 Å². The molecule has 0 amide bonds. The van der Waals surface area contributed by atoms with Gasteiger partial charge in [0.05, 0.1) is 0 Å². The molecular formula is C29H31FO2. The van der Waals surface area contributed by atoms with Crippen molar-refractivity contribution in [1.82, 2.24) is 0 Å². The molecule has 1 aliphatic rings. The van der Waals surface area contributed by atoms with E-state index < -0.39 is 6.10 Å². The van der Waals surface area contributed by atoms with Crippen LogP contribution in [0.15, 0.2) is 78.9 Å². The molecular weight excluding hydrogens is 399 g/mol. The first kappa shape index (κ1) is 22.4. The van der Waals surface area contributed by atoms with Gasteiger partial charge >= 0.3 is 0 Å². The summed E-state index contributed by atoms with van der Waals surface area (Å²) in [6.07, 6.45) is 9.03. The van der Waals surface area contributed by atoms with Crippen molar-refractivity contribution in [2.75, 3.05) is 0 Å². The molecule has 32 heavy (non-hydrogen) atoms. The lowest BCUT2D eigenvalue weighted by atomic mass is 9.95. The molecule has 4 rings (SSSR count). The number of hydrogen-bond donors (Lipinski definition) is 0. The first-order valence-electron chi connectivity index (χ1n) is 11.8. The number of carbonyl (C=O) groups is 1. The maximum Gasteiger partial charge on any atom is 0.194 e. The van der Waals surface area contributed by atoms with Crippen LogP contribution in [0.25, 0.3) is 0 Å². The Morgan fingerprint density at radius 3 is 2.09 bits per heavy atom. The number of ether oxygens (including phenoxy) is 1. The summed E-state index contributed by atoms with van der Waals surface area (Å²) in [6.45, 7) is 0. The highest BCUT2D eigenvalue weighted by Gasteiger charge is 2.46. The summed E-state index contributed by atoms with van der Waals surface area (Å²) in [7, 11) is 0. The van der Waals surface area contributed by atoms with Gasteiger partial charge in [-0.25, -0.2) is 4.39 Å². The fourth-order valence-corrected chi connectivity index (χ4v) is 4.36. The lowest BCUT2D eigenvalue weighted by Gasteiger charge is -2.08. The van der Waals surface area contributed by atoms with Gasteiger partial charge in [0.2, 0.25) is 0 Å². The average Bonchev–Trinajstić information content (AvgIpc) is 3.62. The summed E-state index contributed by atoms with van der Waals surface area (Å²) < 4.78 is 18.9. The smallest absolute Gasteiger partial charge is 0.194 e. The average molecular weight is 431 g/mol. The maximum atomic E-state index is 13.1. The van der Waals surface area contributed by atoms with E-state index in [1.807, 2.05) is 6.07 Å². The summed E-state index contributed by atoms with van der Waals surface area (Å²) in [5.41, 5.74) is 4.33. The van der Waals surface area contributed by atoms with Crippen LogP contribution in [-0.4, -0.2) is 11.9 Å². The standard InChI is InChI=1S/C29H31FO2/c30-25-20-18-24(19-21-25)27(31)29-28(32-29)26-17-11-10-16-23(26)15-9-4-2-1-3-6-12-22-13-7-5-8-14-22/h5,7-8,10-11,13-14,16-21,28-29H,1-4,6,9,12,15H2. The molecule has 2 unspecified atom stereocenters. The number of ketones is 1. The normalized spacial score (nSPS) is 17.3. The summed E-state index contributed by atoms with van der Waals surface area (Å²) in [6, 6.07) is 24.7. The van der Waals surface area contributed by atoms with Crippen molar-refractivity contribution in [2.24, 2.45) is 0 Å². The lowest BCUT2D eigenvalue weighted by molar-refractivity contribution is 0.0953. The highest BCUT2D eigenvalue weighted by molar-refractivity contribution is 6.01. The number of rotatable bonds is 12. The van der Waals surface area contributed by atoms with Gasteiger partial charge in [-0.2, -0.15) is 0 Å². The Bertz CT molecular complexity index is 997. The van der Waals surface area contributed by atoms with Crippen LogP contribution in [-0.2, 0) is 17.6 Å². The second-order valence-corrected chi connectivity index (χ2v) is 8.65. The predicted molar refractivity (Wildman–Crippen MR) is 126 cm³/mol. The van der Waals surface area contributed by atoms with Crippen LogP contribution in [0, 0.1) is 5.82 Å². The van der Waals surface area contributed by atoms with E-state index in [0.29, 0.717) is 5.56 Å². The molecule has 2 atom stereocenters. The summed E-state index contributed by atoms with van der Waals surface area (Å²) in [5.74, 6) is -0.406. The molecule has 3 aromatic rings. The Morgan fingerprint density at radius 1 is 0.719 bits per heavy atom. The third-order valence-corrected chi connectivity index (χ3v) is 6.24. The Morgan fingerprint density at radius 2 is 1.34 bits per heavy atom. The van der Waals surface area contributed by atoms with Crippen LogP contribution in [0.2, 0.25) is 0 Å². The van der Waals surface area contributed by atoms with Gasteiger partial charge in [-0.05, 0) is 66.6 Å². The van der Waals surface area contributed by atoms with Gasteiger partial charge in [0.25, 0.3) is 0 Å². The molecule has 0 spiro atoms. The lowest BCUT2D eigenvalue weighted by Crippen LogP contribution is -2.08. The quantitative estimate of drug-likeness (QED) is 0.172. The molecule has 0 radical (unpaired) electrons. The number of epoxide rings is 1. The Balaban J connectivity index is 1.18. The highest BCUT2D eigenvalue weighted by Crippen LogP contribution is 2.42. The van der Waals surface area contributed by atoms with Crippen molar-refractivity contribution in [3.8, 4) is 0 Å². The fourth-order valence-electron chi connectivity index (χ4n) is 4.36. The van der Waals surface area contributed by atoms with Crippen LogP contribution in [0.4, 0.5) is 4.39 Å². The van der Waals surface area contributed by atoms with E-state index in [1.54, 1.807) is 0 Å². The SMILES string of the molecule is O=C(c1ccc(F)cc1)C1OC1c1ccccc1CCCCCCCCc1ccccc1. The second kappa shape index (κ2) is 11.2. The van der Waals surface area contributed by atoms with E-state index in [9.17, 15) is 9.18 Å². The number of hydrogen-bond acceptors (Lipinski definition) is 2. The predicted octanol–water partition coefficient (Wildman–Crippen LogP) is 7.27. The first-order valence-corrected chi connectivity index (χ1v) is 11.8. The van der Waals surface area contributed by atoms with E-state index in [4.69, 9.17) is 4.74 Å². The third kappa shape index (κ3) is 6.14. The molecule has 0 bridgehead atoms. The molecule has 0 aliphatic carbocycles. The van der Waals surface area contributed by atoms with Crippen molar-refractivity contribution in [2.45, 2.75) is 63.6 Å². The number of halogens is 1. The minimum atomic E-state index is -0.453. The molecule has 0 saturated carbocycles. The molecule has 1 fully saturated rings. The molecule has 1 heterocycles. The van der Waals surface area contributed by atoms with Crippen LogP contribution < -0.4 is 0 Å². The third-order valence-electron chi connectivity index (χ3n) is 6.24. The van der Waals surface area contributed by atoms with Crippen molar-refractivity contribution in [3.05, 3.63) is 107 Å². The van der Waals surface area contributed by atoms with E-state index in [1.165, 1.54) is 73.9 Å². The second-order valence-electron chi connectivity index (χ2n) is 8.65. The van der Waals surface area contributed by atoms with Gasteiger partial charge in [-0.1, -0.05) is 80.3 Å². The van der Waals surface area contributed by atoms with Crippen molar-refractivity contribution >= 4 is 5.78 Å². The number of aryl methyl sites for hydroxylation is 2. The summed E-state index contributed by atoms with van der Waals surface area (Å²) >= 11 is 0. The van der Waals surface area contributed by atoms with E-state index in [-0.39, 0.29) is 17.7 Å². The molecule has 3 heteroatoms. The number of carbonyl (C=O) groups excluding carboxylic acids is 1. The van der Waals surface area contributed by atoms with E-state index in [2.05, 4.69) is 48.5 Å². The van der Waals surface area contributed by atoms with Crippen molar-refractivity contribution < 1.29 is 13.9 Å². The molecule has 0 aromatic heterocycles. The van der Waals surface area contributed by atoms with Crippen LogP contribution in [0.3, 0.4) is 0 Å². The van der Waals surface area contributed by atoms with Gasteiger partial charge in [-0.15, -0.1) is 0 Å². The monoisotopic (exact) mass is 430 g/mol. The fraction of sp³-hybridized carbons (Fsp3) is 0.345. The van der Waals surface area contributed by atoms with Gasteiger partial charge in [0.15, 0.2) is 11.9 Å². The summed E-state index contributed by atoms with van der Waals surface area (Å²) in [5, 5.41) is 0. The van der Waals surface area contributed by atoms with Gasteiger partial charge in [0.1, 0.15) is 11.9 Å². The molecule has 0 N–H and O–H groups in total. The minimum Gasteiger partial charge on any atom is -0.356 e. The first-order chi connectivity index (χ1) is 15.7. The molecule has 3 aromatic carbocycles. The molecule has 2 nitrogen and oxygen atoms in total. The number of unbranched alkanes of at least 4 members (excludes halogenated alkanes) is 5. The van der Waals surface area contributed by atoms with Crippen LogP contribution >= 0.6 is 0 Å². The zero-order valence-corrected chi connectivity index (χ0v) is 18.5. The molecule has 1 saturated heterocycles. The zero-order chi connectivity index (χ0) is 22.2. The van der Waals surface area contributed by atoms with Gasteiger partial charge < -0.3 is 4.74 Å². The molecule has 1 aliphatic heterocycles.